The van der Waals surface area contributed by atoms with Crippen LogP contribution in [0.2, 0.25) is 0 Å². The van der Waals surface area contributed by atoms with Crippen molar-refractivity contribution < 1.29 is 0 Å². The minimum atomic E-state index is 0.854. The van der Waals surface area contributed by atoms with Gasteiger partial charge in [-0.1, -0.05) is 42.0 Å². The lowest BCUT2D eigenvalue weighted by Gasteiger charge is -2.18. The second-order valence-corrected chi connectivity index (χ2v) is 4.75. The van der Waals surface area contributed by atoms with Crippen molar-refractivity contribution in [2.45, 2.75) is 13.5 Å². The quantitative estimate of drug-likeness (QED) is 0.877. The molecule has 2 aromatic carbocycles. The van der Waals surface area contributed by atoms with Crippen molar-refractivity contribution in [3.8, 4) is 0 Å². The number of para-hydroxylation sites is 2. The second kappa shape index (κ2) is 5.58. The van der Waals surface area contributed by atoms with Gasteiger partial charge in [-0.2, -0.15) is 0 Å². The van der Waals surface area contributed by atoms with Crippen molar-refractivity contribution in [3.63, 3.8) is 0 Å². The van der Waals surface area contributed by atoms with Gasteiger partial charge in [0.05, 0.1) is 11.4 Å². The van der Waals surface area contributed by atoms with E-state index in [1.165, 1.54) is 22.5 Å². The first-order valence-corrected chi connectivity index (χ1v) is 6.22. The molecule has 18 heavy (non-hydrogen) atoms. The highest BCUT2D eigenvalue weighted by Crippen LogP contribution is 2.23. The van der Waals surface area contributed by atoms with Crippen LogP contribution in [0.5, 0.6) is 0 Å². The third-order valence-electron chi connectivity index (χ3n) is 2.95. The molecule has 0 fully saturated rings. The van der Waals surface area contributed by atoms with E-state index in [4.69, 9.17) is 0 Å². The van der Waals surface area contributed by atoms with E-state index in [9.17, 15) is 0 Å². The van der Waals surface area contributed by atoms with E-state index in [1.807, 2.05) is 0 Å². The molecule has 0 radical (unpaired) electrons. The van der Waals surface area contributed by atoms with Gasteiger partial charge in [0.1, 0.15) is 0 Å². The Kier molecular flexibility index (Phi) is 3.88. The Labute approximate surface area is 109 Å². The van der Waals surface area contributed by atoms with Gasteiger partial charge in [0.15, 0.2) is 0 Å². The van der Waals surface area contributed by atoms with Crippen LogP contribution in [0.1, 0.15) is 11.1 Å². The van der Waals surface area contributed by atoms with Gasteiger partial charge in [-0.3, -0.25) is 0 Å². The number of anilines is 2. The highest BCUT2D eigenvalue weighted by molar-refractivity contribution is 5.69. The predicted molar refractivity (Wildman–Crippen MR) is 79.3 cm³/mol. The monoisotopic (exact) mass is 240 g/mol. The van der Waals surface area contributed by atoms with Crippen LogP contribution in [0.15, 0.2) is 48.5 Å². The Morgan fingerprint density at radius 1 is 1.00 bits per heavy atom. The molecule has 0 aliphatic carbocycles. The molecule has 2 heteroatoms. The Balaban J connectivity index is 2.11. The van der Waals surface area contributed by atoms with Crippen molar-refractivity contribution >= 4 is 11.4 Å². The normalized spacial score (nSPS) is 10.2. The molecule has 0 spiro atoms. The Morgan fingerprint density at radius 3 is 2.50 bits per heavy atom. The minimum Gasteiger partial charge on any atom is -0.379 e. The fraction of sp³-hybridized carbons (Fsp3) is 0.250. The highest BCUT2D eigenvalue weighted by atomic mass is 15.1. The summed E-state index contributed by atoms with van der Waals surface area (Å²) in [6.07, 6.45) is 0. The molecule has 0 heterocycles. The van der Waals surface area contributed by atoms with Gasteiger partial charge < -0.3 is 10.2 Å². The number of aryl methyl sites for hydroxylation is 1. The number of nitrogens with zero attached hydrogens (tertiary/aromatic N) is 1. The van der Waals surface area contributed by atoms with Gasteiger partial charge in [-0.15, -0.1) is 0 Å². The van der Waals surface area contributed by atoms with E-state index in [2.05, 4.69) is 79.8 Å². The number of hydrogen-bond acceptors (Lipinski definition) is 2. The molecule has 0 aliphatic heterocycles. The molecular formula is C16H20N2. The van der Waals surface area contributed by atoms with Crippen LogP contribution in [-0.4, -0.2) is 14.1 Å². The maximum absolute atomic E-state index is 3.50. The zero-order valence-electron chi connectivity index (χ0n) is 11.3. The number of hydrogen-bond donors (Lipinski definition) is 1. The first-order chi connectivity index (χ1) is 8.66. The van der Waals surface area contributed by atoms with Crippen molar-refractivity contribution in [3.05, 3.63) is 59.7 Å². The Hall–Kier alpha value is -1.96. The summed E-state index contributed by atoms with van der Waals surface area (Å²) < 4.78 is 0. The Morgan fingerprint density at radius 2 is 1.78 bits per heavy atom. The van der Waals surface area contributed by atoms with Crippen LogP contribution in [0.25, 0.3) is 0 Å². The summed E-state index contributed by atoms with van der Waals surface area (Å²) in [5.74, 6) is 0. The molecule has 0 aromatic heterocycles. The number of nitrogens with one attached hydrogen (secondary N) is 1. The molecule has 0 atom stereocenters. The van der Waals surface area contributed by atoms with Gasteiger partial charge in [0, 0.05) is 20.6 Å². The fourth-order valence-electron chi connectivity index (χ4n) is 2.03. The van der Waals surface area contributed by atoms with E-state index in [0.717, 1.165) is 6.54 Å². The van der Waals surface area contributed by atoms with Crippen LogP contribution < -0.4 is 10.2 Å². The SMILES string of the molecule is Cc1cccc(CNc2ccccc2N(C)C)c1. The largest absolute Gasteiger partial charge is 0.379 e. The van der Waals surface area contributed by atoms with E-state index < -0.39 is 0 Å². The van der Waals surface area contributed by atoms with Crippen LogP contribution in [-0.2, 0) is 6.54 Å². The molecule has 2 nitrogen and oxygen atoms in total. The topological polar surface area (TPSA) is 15.3 Å². The summed E-state index contributed by atoms with van der Waals surface area (Å²) in [6, 6.07) is 17.0. The maximum Gasteiger partial charge on any atom is 0.0596 e. The van der Waals surface area contributed by atoms with Gasteiger partial charge in [0.25, 0.3) is 0 Å². The average Bonchev–Trinajstić information content (AvgIpc) is 2.37. The lowest BCUT2D eigenvalue weighted by atomic mass is 10.1. The maximum atomic E-state index is 3.50. The second-order valence-electron chi connectivity index (χ2n) is 4.75. The van der Waals surface area contributed by atoms with Crippen LogP contribution in [0.4, 0.5) is 11.4 Å². The molecule has 2 rings (SSSR count). The predicted octanol–water partition coefficient (Wildman–Crippen LogP) is 3.67. The van der Waals surface area contributed by atoms with Crippen molar-refractivity contribution in [1.29, 1.82) is 0 Å². The molecule has 0 saturated carbocycles. The van der Waals surface area contributed by atoms with Crippen LogP contribution in [0.3, 0.4) is 0 Å². The zero-order valence-corrected chi connectivity index (χ0v) is 11.3. The molecule has 2 aromatic rings. The summed E-state index contributed by atoms with van der Waals surface area (Å²) in [6.45, 7) is 2.98. The van der Waals surface area contributed by atoms with Gasteiger partial charge in [-0.05, 0) is 24.6 Å². The molecule has 0 amide bonds. The van der Waals surface area contributed by atoms with E-state index in [1.54, 1.807) is 0 Å². The highest BCUT2D eigenvalue weighted by Gasteiger charge is 2.02. The molecule has 0 bridgehead atoms. The molecular weight excluding hydrogens is 220 g/mol. The summed E-state index contributed by atoms with van der Waals surface area (Å²) >= 11 is 0. The summed E-state index contributed by atoms with van der Waals surface area (Å²) in [4.78, 5) is 2.12. The smallest absolute Gasteiger partial charge is 0.0596 e. The summed E-state index contributed by atoms with van der Waals surface area (Å²) in [5, 5.41) is 3.50. The fourth-order valence-corrected chi connectivity index (χ4v) is 2.03. The van der Waals surface area contributed by atoms with E-state index in [0.29, 0.717) is 0 Å². The summed E-state index contributed by atoms with van der Waals surface area (Å²) in [7, 11) is 4.13. The number of benzene rings is 2. The third kappa shape index (κ3) is 3.04. The van der Waals surface area contributed by atoms with Gasteiger partial charge in [0.2, 0.25) is 0 Å². The lowest BCUT2D eigenvalue weighted by molar-refractivity contribution is 1.10. The molecule has 1 N–H and O–H groups in total. The van der Waals surface area contributed by atoms with Gasteiger partial charge in [-0.25, -0.2) is 0 Å². The van der Waals surface area contributed by atoms with E-state index in [-0.39, 0.29) is 0 Å². The number of rotatable bonds is 4. The van der Waals surface area contributed by atoms with Crippen molar-refractivity contribution in [2.75, 3.05) is 24.3 Å². The first-order valence-electron chi connectivity index (χ1n) is 6.22. The minimum absolute atomic E-state index is 0.854. The first kappa shape index (κ1) is 12.5. The average molecular weight is 240 g/mol. The molecule has 0 unspecified atom stereocenters. The third-order valence-corrected chi connectivity index (χ3v) is 2.95. The van der Waals surface area contributed by atoms with Crippen LogP contribution in [0, 0.1) is 6.92 Å². The summed E-state index contributed by atoms with van der Waals surface area (Å²) in [5.41, 5.74) is 4.99. The molecule has 94 valence electrons. The van der Waals surface area contributed by atoms with E-state index >= 15 is 0 Å². The standard InChI is InChI=1S/C16H20N2/c1-13-7-6-8-14(11-13)12-17-15-9-4-5-10-16(15)18(2)3/h4-11,17H,12H2,1-3H3. The van der Waals surface area contributed by atoms with Crippen molar-refractivity contribution in [1.82, 2.24) is 0 Å². The van der Waals surface area contributed by atoms with Crippen LogP contribution >= 0.6 is 0 Å². The molecule has 0 aliphatic rings. The zero-order chi connectivity index (χ0) is 13.0. The molecule has 0 saturated heterocycles. The lowest BCUT2D eigenvalue weighted by Crippen LogP contribution is -2.12. The van der Waals surface area contributed by atoms with Crippen molar-refractivity contribution in [2.24, 2.45) is 0 Å². The van der Waals surface area contributed by atoms with Gasteiger partial charge >= 0.3 is 0 Å². The Bertz CT molecular complexity index is 518.